The molecule has 0 aliphatic carbocycles. The Labute approximate surface area is 125 Å². The number of fused-ring (bicyclic) bond motifs is 1. The summed E-state index contributed by atoms with van der Waals surface area (Å²) in [4.78, 5) is 4.61. The normalized spacial score (nSPS) is 10.2. The van der Waals surface area contributed by atoms with Crippen molar-refractivity contribution in [2.45, 2.75) is 10.1 Å². The van der Waals surface area contributed by atoms with Crippen molar-refractivity contribution in [1.29, 1.82) is 0 Å². The van der Waals surface area contributed by atoms with Crippen LogP contribution in [-0.4, -0.2) is 4.98 Å². The summed E-state index contributed by atoms with van der Waals surface area (Å²) < 4.78 is 2.41. The van der Waals surface area contributed by atoms with Crippen molar-refractivity contribution in [3.05, 3.63) is 60.2 Å². The molecule has 18 heavy (non-hydrogen) atoms. The van der Waals surface area contributed by atoms with Crippen LogP contribution in [0.3, 0.4) is 0 Å². The molecule has 92 valence electrons. The van der Waals surface area contributed by atoms with Crippen LogP contribution in [0.2, 0.25) is 0 Å². The summed E-state index contributed by atoms with van der Waals surface area (Å²) in [6.07, 6.45) is 0. The number of thioether (sulfide) groups is 1. The van der Waals surface area contributed by atoms with Crippen LogP contribution in [0.5, 0.6) is 0 Å². The average molecular weight is 338 g/mol. The molecule has 2 aromatic carbocycles. The van der Waals surface area contributed by atoms with Gasteiger partial charge in [-0.25, -0.2) is 4.98 Å². The third-order valence-corrected chi connectivity index (χ3v) is 4.73. The lowest BCUT2D eigenvalue weighted by atomic mass is 10.2. The van der Waals surface area contributed by atoms with Gasteiger partial charge in [-0.3, -0.25) is 0 Å². The second-order valence-electron chi connectivity index (χ2n) is 3.72. The highest BCUT2D eigenvalue weighted by Crippen LogP contribution is 2.31. The summed E-state index contributed by atoms with van der Waals surface area (Å²) >= 11 is 3.58. The molecule has 0 spiro atoms. The largest absolute Gasteiger partial charge is 0.230 e. The van der Waals surface area contributed by atoms with Gasteiger partial charge in [-0.05, 0) is 17.7 Å². The van der Waals surface area contributed by atoms with Crippen LogP contribution in [0.1, 0.15) is 5.56 Å². The molecule has 0 unspecified atom stereocenters. The third-order valence-electron chi connectivity index (χ3n) is 2.48. The Bertz CT molecular complexity index is 589. The quantitative estimate of drug-likeness (QED) is 0.611. The Morgan fingerprint density at radius 3 is 2.44 bits per heavy atom. The molecule has 0 saturated carbocycles. The topological polar surface area (TPSA) is 12.9 Å². The Morgan fingerprint density at radius 2 is 1.67 bits per heavy atom. The van der Waals surface area contributed by atoms with Gasteiger partial charge in [-0.15, -0.1) is 28.3 Å². The van der Waals surface area contributed by atoms with Gasteiger partial charge in [0.25, 0.3) is 0 Å². The van der Waals surface area contributed by atoms with Crippen molar-refractivity contribution >= 4 is 50.3 Å². The number of hydrogen-bond acceptors (Lipinski definition) is 3. The Hall–Kier alpha value is -0.840. The van der Waals surface area contributed by atoms with E-state index in [0.717, 1.165) is 15.6 Å². The van der Waals surface area contributed by atoms with Crippen LogP contribution >= 0.6 is 40.1 Å². The summed E-state index contributed by atoms with van der Waals surface area (Å²) in [5, 5.41) is 0. The minimum Gasteiger partial charge on any atom is -0.230 e. The van der Waals surface area contributed by atoms with E-state index in [2.05, 4.69) is 47.4 Å². The molecule has 4 heteroatoms. The molecule has 0 bridgehead atoms. The summed E-state index contributed by atoms with van der Waals surface area (Å²) in [5.41, 5.74) is 2.45. The van der Waals surface area contributed by atoms with E-state index in [1.165, 1.54) is 10.3 Å². The summed E-state index contributed by atoms with van der Waals surface area (Å²) in [7, 11) is 0. The van der Waals surface area contributed by atoms with Crippen molar-refractivity contribution in [2.24, 2.45) is 0 Å². The summed E-state index contributed by atoms with van der Waals surface area (Å²) in [6.45, 7) is 0. The molecular weight excluding hydrogens is 326 g/mol. The maximum atomic E-state index is 4.61. The zero-order chi connectivity index (χ0) is 11.5. The van der Waals surface area contributed by atoms with E-state index in [0.29, 0.717) is 0 Å². The fourth-order valence-corrected chi connectivity index (χ4v) is 3.66. The SMILES string of the molecule is Br.c1ccc(CSc2nc3ccccc3s2)cc1. The molecule has 0 aliphatic rings. The van der Waals surface area contributed by atoms with Crippen LogP contribution in [-0.2, 0) is 5.75 Å². The first-order valence-corrected chi connectivity index (χ1v) is 7.24. The van der Waals surface area contributed by atoms with E-state index < -0.39 is 0 Å². The molecule has 0 amide bonds. The highest BCUT2D eigenvalue weighted by molar-refractivity contribution is 8.93. The number of thiazole rings is 1. The smallest absolute Gasteiger partial charge is 0.151 e. The van der Waals surface area contributed by atoms with Gasteiger partial charge in [0.2, 0.25) is 0 Å². The lowest BCUT2D eigenvalue weighted by Crippen LogP contribution is -1.78. The fraction of sp³-hybridized carbons (Fsp3) is 0.0714. The van der Waals surface area contributed by atoms with Crippen LogP contribution in [0.4, 0.5) is 0 Å². The van der Waals surface area contributed by atoms with Gasteiger partial charge in [-0.2, -0.15) is 0 Å². The maximum absolute atomic E-state index is 4.61. The summed E-state index contributed by atoms with van der Waals surface area (Å²) in [6, 6.07) is 18.8. The van der Waals surface area contributed by atoms with Crippen molar-refractivity contribution in [2.75, 3.05) is 0 Å². The molecule has 3 rings (SSSR count). The lowest BCUT2D eigenvalue weighted by Gasteiger charge is -1.97. The number of para-hydroxylation sites is 1. The van der Waals surface area contributed by atoms with Gasteiger partial charge in [0.15, 0.2) is 4.34 Å². The number of halogens is 1. The first-order valence-electron chi connectivity index (χ1n) is 5.44. The Kier molecular flexibility index (Phi) is 4.80. The lowest BCUT2D eigenvalue weighted by molar-refractivity contribution is 1.29. The van der Waals surface area contributed by atoms with E-state index >= 15 is 0 Å². The minimum atomic E-state index is 0. The molecule has 0 atom stereocenters. The van der Waals surface area contributed by atoms with E-state index in [1.807, 2.05) is 12.1 Å². The third kappa shape index (κ3) is 3.13. The molecule has 1 heterocycles. The first kappa shape index (κ1) is 13.6. The zero-order valence-electron chi connectivity index (χ0n) is 9.58. The number of rotatable bonds is 3. The van der Waals surface area contributed by atoms with E-state index in [4.69, 9.17) is 0 Å². The molecule has 1 aromatic heterocycles. The fourth-order valence-electron chi connectivity index (χ4n) is 1.63. The predicted molar refractivity (Wildman–Crippen MR) is 85.9 cm³/mol. The van der Waals surface area contributed by atoms with Gasteiger partial charge >= 0.3 is 0 Å². The van der Waals surface area contributed by atoms with Gasteiger partial charge in [0.05, 0.1) is 10.2 Å². The molecule has 0 fully saturated rings. The molecule has 1 nitrogen and oxygen atoms in total. The number of aromatic nitrogens is 1. The maximum Gasteiger partial charge on any atom is 0.151 e. The van der Waals surface area contributed by atoms with E-state index in [1.54, 1.807) is 23.1 Å². The second kappa shape index (κ2) is 6.36. The highest BCUT2D eigenvalue weighted by atomic mass is 79.9. The van der Waals surface area contributed by atoms with Crippen LogP contribution in [0, 0.1) is 0 Å². The minimum absolute atomic E-state index is 0. The van der Waals surface area contributed by atoms with Gasteiger partial charge in [0, 0.05) is 5.75 Å². The Morgan fingerprint density at radius 1 is 0.944 bits per heavy atom. The molecule has 0 saturated heterocycles. The van der Waals surface area contributed by atoms with Crippen molar-refractivity contribution in [3.63, 3.8) is 0 Å². The van der Waals surface area contributed by atoms with Crippen LogP contribution in [0.15, 0.2) is 58.9 Å². The predicted octanol–water partition coefficient (Wildman–Crippen LogP) is 5.17. The number of benzene rings is 2. The van der Waals surface area contributed by atoms with Crippen LogP contribution < -0.4 is 0 Å². The molecule has 0 N–H and O–H groups in total. The monoisotopic (exact) mass is 337 g/mol. The molecule has 0 aliphatic heterocycles. The summed E-state index contributed by atoms with van der Waals surface area (Å²) in [5.74, 6) is 0.987. The Balaban J connectivity index is 0.00000120. The van der Waals surface area contributed by atoms with Gasteiger partial charge in [-0.1, -0.05) is 54.2 Å². The molecule has 0 radical (unpaired) electrons. The van der Waals surface area contributed by atoms with Crippen LogP contribution in [0.25, 0.3) is 10.2 Å². The second-order valence-corrected chi connectivity index (χ2v) is 5.97. The van der Waals surface area contributed by atoms with E-state index in [-0.39, 0.29) is 17.0 Å². The zero-order valence-corrected chi connectivity index (χ0v) is 12.9. The highest BCUT2D eigenvalue weighted by Gasteiger charge is 2.03. The van der Waals surface area contributed by atoms with E-state index in [9.17, 15) is 0 Å². The van der Waals surface area contributed by atoms with Crippen molar-refractivity contribution < 1.29 is 0 Å². The van der Waals surface area contributed by atoms with Gasteiger partial charge in [0.1, 0.15) is 0 Å². The standard InChI is InChI=1S/C14H11NS2.BrH/c1-2-6-11(7-3-1)10-16-14-15-12-8-4-5-9-13(12)17-14;/h1-9H,10H2;1H. The van der Waals surface area contributed by atoms with Crippen molar-refractivity contribution in [1.82, 2.24) is 4.98 Å². The first-order chi connectivity index (χ1) is 8.42. The number of nitrogens with zero attached hydrogens (tertiary/aromatic N) is 1. The van der Waals surface area contributed by atoms with Gasteiger partial charge < -0.3 is 0 Å². The molecular formula is C14H12BrNS2. The number of hydrogen-bond donors (Lipinski definition) is 0. The molecule has 3 aromatic rings. The van der Waals surface area contributed by atoms with Crippen molar-refractivity contribution in [3.8, 4) is 0 Å². The average Bonchev–Trinajstić information content (AvgIpc) is 2.80.